The molecule has 5 unspecified atom stereocenters. The number of esters is 3. The zero-order valence-electron chi connectivity index (χ0n) is 37.3. The van der Waals surface area contributed by atoms with Crippen LogP contribution in [0.2, 0.25) is 0 Å². The molecular formula is C40H58N2O28. The smallest absolute Gasteiger partial charge is 0.337 e. The molecule has 4 fully saturated rings. The Labute approximate surface area is 396 Å². The third kappa shape index (κ3) is 13.6. The highest BCUT2D eigenvalue weighted by Gasteiger charge is 2.57. The van der Waals surface area contributed by atoms with E-state index in [0.717, 1.165) is 14.2 Å². The lowest BCUT2D eigenvalue weighted by molar-refractivity contribution is -0.385. The number of carbonyl (C=O) groups is 4. The van der Waals surface area contributed by atoms with E-state index in [4.69, 9.17) is 42.6 Å². The molecular weight excluding hydrogens is 956 g/mol. The Hall–Kier alpha value is -4.26. The zero-order chi connectivity index (χ0) is 51.6. The van der Waals surface area contributed by atoms with E-state index in [1.807, 2.05) is 0 Å². The number of nitro benzene ring substituents is 1. The molecule has 4 saturated heterocycles. The number of hydrogen-bond donors (Lipinski definition) is 12. The van der Waals surface area contributed by atoms with Crippen LogP contribution in [0.1, 0.15) is 25.7 Å². The minimum Gasteiger partial charge on any atom is -0.467 e. The highest BCUT2D eigenvalue weighted by Crippen LogP contribution is 2.35. The van der Waals surface area contributed by atoms with Crippen molar-refractivity contribution in [1.82, 2.24) is 5.32 Å². The quantitative estimate of drug-likeness (QED) is 0.0179. The van der Waals surface area contributed by atoms with Crippen LogP contribution in [0.3, 0.4) is 0 Å². The molecule has 0 radical (unpaired) electrons. The summed E-state index contributed by atoms with van der Waals surface area (Å²) in [6.45, 7) is -2.36. The van der Waals surface area contributed by atoms with E-state index in [9.17, 15) is 85.5 Å². The first-order valence-corrected chi connectivity index (χ1v) is 21.7. The van der Waals surface area contributed by atoms with Crippen molar-refractivity contribution in [2.24, 2.45) is 0 Å². The Bertz CT molecular complexity index is 1880. The van der Waals surface area contributed by atoms with Gasteiger partial charge in [-0.05, 0) is 25.0 Å². The van der Waals surface area contributed by atoms with Gasteiger partial charge in [0.05, 0.1) is 39.0 Å². The maximum absolute atomic E-state index is 12.8. The highest BCUT2D eigenvalue weighted by molar-refractivity contribution is 5.77. The summed E-state index contributed by atoms with van der Waals surface area (Å²) >= 11 is 0. The summed E-state index contributed by atoms with van der Waals surface area (Å²) in [5.41, 5.74) is -0.174. The van der Waals surface area contributed by atoms with Crippen LogP contribution in [-0.2, 0) is 66.5 Å². The fraction of sp³-hybridized carbons (Fsp3) is 0.750. The highest BCUT2D eigenvalue weighted by atomic mass is 16.8. The number of unbranched alkanes of at least 4 members (excludes halogenated alkanes) is 1. The van der Waals surface area contributed by atoms with Crippen LogP contribution in [0.25, 0.3) is 0 Å². The molecule has 1 aromatic carbocycles. The largest absolute Gasteiger partial charge is 0.467 e. The number of aliphatic hydroxyl groups is 11. The molecule has 0 spiro atoms. The maximum Gasteiger partial charge on any atom is 0.337 e. The molecule has 1 aromatic rings. The lowest BCUT2D eigenvalue weighted by Gasteiger charge is -2.48. The number of benzene rings is 1. The predicted octanol–water partition coefficient (Wildman–Crippen LogP) is -7.17. The minimum absolute atomic E-state index is 0.00397. The van der Waals surface area contributed by atoms with E-state index in [1.165, 1.54) is 24.3 Å². The summed E-state index contributed by atoms with van der Waals surface area (Å²) in [4.78, 5) is 59.5. The Kier molecular flexibility index (Phi) is 21.0. The van der Waals surface area contributed by atoms with Crippen molar-refractivity contribution in [3.8, 4) is 5.75 Å². The number of carbonyl (C=O) groups excluding carboxylic acids is 4. The summed E-state index contributed by atoms with van der Waals surface area (Å²) < 4.78 is 58.7. The van der Waals surface area contributed by atoms with E-state index < -0.39 is 165 Å². The third-order valence-corrected chi connectivity index (χ3v) is 11.5. The zero-order valence-corrected chi connectivity index (χ0v) is 37.3. The van der Waals surface area contributed by atoms with Gasteiger partial charge in [0.25, 0.3) is 5.69 Å². The van der Waals surface area contributed by atoms with Crippen molar-refractivity contribution in [3.63, 3.8) is 0 Å². The molecule has 396 valence electrons. The topological polar surface area (TPSA) is 448 Å². The molecule has 0 aliphatic carbocycles. The number of rotatable bonds is 21. The normalized spacial score (nSPS) is 37.7. The van der Waals surface area contributed by atoms with E-state index in [-0.39, 0.29) is 50.3 Å². The number of non-ortho nitro benzene ring substituents is 1. The third-order valence-electron chi connectivity index (χ3n) is 11.5. The van der Waals surface area contributed by atoms with Gasteiger partial charge in [0.15, 0.2) is 37.4 Å². The van der Waals surface area contributed by atoms with Crippen LogP contribution < -0.4 is 10.1 Å². The van der Waals surface area contributed by atoms with Gasteiger partial charge >= 0.3 is 17.9 Å². The number of nitrogens with one attached hydrogen (secondary N) is 1. The molecule has 70 heavy (non-hydrogen) atoms. The van der Waals surface area contributed by atoms with Crippen molar-refractivity contribution >= 4 is 29.5 Å². The summed E-state index contributed by atoms with van der Waals surface area (Å²) in [7, 11) is 1.85. The van der Waals surface area contributed by atoms with E-state index in [1.54, 1.807) is 0 Å². The molecule has 30 heteroatoms. The standard InChI is InChI=1S/C40H58N2O28/c1-60-35(56)33-22(48)21(47)25(51)39(69-33)66-31-18(14-44)65-38(27(53)24(31)50)68-32-28(54)34(36(57)61-2)70-40(29(32)55)67-30-17(13-43)64-37(26(52)23(30)49)62-12-11-41-19(45)5-3-4-6-20(46)63-16-9-7-15(8-10-16)42(58)59/h7-10,17-18,21-34,37-40,43-44,47-55H,3-6,11-14H2,1-2H3,(H,41,45)/t17-,18+,21+,22-,23-,24+,25-,26+,27-,28?,29?,30+,31+,32?,33-,34?,37+,38-,39+,40?/m0/s1. The monoisotopic (exact) mass is 1010 g/mol. The molecule has 4 aliphatic rings. The molecule has 4 aliphatic heterocycles. The molecule has 0 bridgehead atoms. The van der Waals surface area contributed by atoms with E-state index in [2.05, 4.69) is 14.8 Å². The van der Waals surface area contributed by atoms with Crippen LogP contribution in [0.5, 0.6) is 5.75 Å². The van der Waals surface area contributed by atoms with Gasteiger partial charge in [-0.1, -0.05) is 0 Å². The number of ether oxygens (including phenoxy) is 11. The van der Waals surface area contributed by atoms with Crippen LogP contribution in [-0.4, -0.2) is 248 Å². The number of nitrogens with zero attached hydrogens (tertiary/aromatic N) is 1. The molecule has 20 atom stereocenters. The molecule has 0 saturated carbocycles. The first kappa shape index (κ1) is 56.7. The second-order valence-corrected chi connectivity index (χ2v) is 16.2. The van der Waals surface area contributed by atoms with E-state index in [0.29, 0.717) is 0 Å². The maximum atomic E-state index is 12.8. The predicted molar refractivity (Wildman–Crippen MR) is 218 cm³/mol. The number of methoxy groups -OCH3 is 2. The van der Waals surface area contributed by atoms with Crippen LogP contribution in [0, 0.1) is 10.1 Å². The average Bonchev–Trinajstić information content (AvgIpc) is 3.34. The lowest BCUT2D eigenvalue weighted by Crippen LogP contribution is -2.68. The van der Waals surface area contributed by atoms with Gasteiger partial charge in [0, 0.05) is 31.5 Å². The van der Waals surface area contributed by atoms with Crippen molar-refractivity contribution in [3.05, 3.63) is 34.4 Å². The number of hydrogen-bond acceptors (Lipinski definition) is 28. The molecule has 1 amide bonds. The molecule has 12 N–H and O–H groups in total. The summed E-state index contributed by atoms with van der Waals surface area (Å²) in [6.07, 6.45) is -39.0. The fourth-order valence-corrected chi connectivity index (χ4v) is 7.67. The van der Waals surface area contributed by atoms with Crippen molar-refractivity contribution in [2.75, 3.05) is 40.6 Å². The summed E-state index contributed by atoms with van der Waals surface area (Å²) in [5, 5.41) is 132. The number of amides is 1. The fourth-order valence-electron chi connectivity index (χ4n) is 7.67. The molecule has 30 nitrogen and oxygen atoms in total. The van der Waals surface area contributed by atoms with Gasteiger partial charge in [-0.15, -0.1) is 0 Å². The Morgan fingerprint density at radius 3 is 1.61 bits per heavy atom. The van der Waals surface area contributed by atoms with Crippen LogP contribution >= 0.6 is 0 Å². The molecule has 5 rings (SSSR count). The number of nitro groups is 1. The van der Waals surface area contributed by atoms with Gasteiger partial charge < -0.3 is 114 Å². The second kappa shape index (κ2) is 25.9. The Balaban J connectivity index is 1.14. The van der Waals surface area contributed by atoms with Crippen molar-refractivity contribution in [1.29, 1.82) is 0 Å². The molecule has 4 heterocycles. The molecule has 0 aromatic heterocycles. The van der Waals surface area contributed by atoms with Gasteiger partial charge in [0.2, 0.25) is 5.91 Å². The van der Waals surface area contributed by atoms with Crippen molar-refractivity contribution in [2.45, 2.75) is 149 Å². The van der Waals surface area contributed by atoms with Gasteiger partial charge in [0.1, 0.15) is 91.2 Å². The van der Waals surface area contributed by atoms with Gasteiger partial charge in [-0.2, -0.15) is 0 Å². The van der Waals surface area contributed by atoms with Gasteiger partial charge in [-0.25, -0.2) is 9.59 Å². The van der Waals surface area contributed by atoms with Crippen molar-refractivity contribution < 1.29 is 132 Å². The average molecular weight is 1010 g/mol. The first-order chi connectivity index (χ1) is 33.3. The first-order valence-electron chi connectivity index (χ1n) is 21.7. The number of aliphatic hydroxyl groups excluding tert-OH is 11. The van der Waals surface area contributed by atoms with E-state index >= 15 is 0 Å². The summed E-state index contributed by atoms with van der Waals surface area (Å²) in [6, 6.07) is 4.92. The Morgan fingerprint density at radius 2 is 1.07 bits per heavy atom. The summed E-state index contributed by atoms with van der Waals surface area (Å²) in [5.74, 6) is -3.37. The Morgan fingerprint density at radius 1 is 0.600 bits per heavy atom. The SMILES string of the molecule is COC(=O)C1OC(O[C@H]2[C@@H](O)[C@@H](O)[C@H](OCCNC(=O)CCCCC(=O)Oc3ccc([N+](=O)[O-])cc3)O[C@H]2CO)C(O)C(O[C@@H]2O[C@H](CO)[C@@H](O[C@@H]3O[C@H](C(=O)OC)[C@@H](O)[C@@H](O)[C@@H]3O)[C@H](O)[C@@H]2O)C1O. The van der Waals surface area contributed by atoms with Crippen LogP contribution in [0.4, 0.5) is 5.69 Å². The minimum atomic E-state index is -2.21. The second-order valence-electron chi connectivity index (χ2n) is 16.2. The van der Waals surface area contributed by atoms with Gasteiger partial charge in [-0.3, -0.25) is 19.7 Å². The lowest BCUT2D eigenvalue weighted by atomic mass is 9.95. The van der Waals surface area contributed by atoms with Crippen LogP contribution in [0.15, 0.2) is 24.3 Å².